The highest BCUT2D eigenvalue weighted by molar-refractivity contribution is 8.02. The number of rotatable bonds is 4. The largest absolute Gasteiger partial charge is 0.323 e. The molecule has 0 spiro atoms. The van der Waals surface area contributed by atoms with Gasteiger partial charge in [-0.1, -0.05) is 30.0 Å². The van der Waals surface area contributed by atoms with E-state index in [2.05, 4.69) is 15.0 Å². The van der Waals surface area contributed by atoms with Gasteiger partial charge in [0.25, 0.3) is 15.9 Å². The van der Waals surface area contributed by atoms with Crippen molar-refractivity contribution in [2.45, 2.75) is 40.3 Å². The topological polar surface area (TPSA) is 108 Å². The Bertz CT molecular complexity index is 1230. The number of sulfonamides is 1. The predicted molar refractivity (Wildman–Crippen MR) is 119 cm³/mol. The van der Waals surface area contributed by atoms with Crippen LogP contribution in [0, 0.1) is 0 Å². The molecule has 3 heterocycles. The lowest BCUT2D eigenvalue weighted by atomic mass is 10.1. The molecule has 160 valence electrons. The van der Waals surface area contributed by atoms with Gasteiger partial charge in [-0.2, -0.15) is 0 Å². The van der Waals surface area contributed by atoms with E-state index >= 15 is 0 Å². The van der Waals surface area contributed by atoms with Gasteiger partial charge in [-0.05, 0) is 43.2 Å². The molecule has 31 heavy (non-hydrogen) atoms. The van der Waals surface area contributed by atoms with Crippen molar-refractivity contribution in [3.63, 3.8) is 0 Å². The normalized spacial score (nSPS) is 22.1. The van der Waals surface area contributed by atoms with E-state index in [1.54, 1.807) is 17.0 Å². The number of hydrogen-bond acceptors (Lipinski definition) is 6. The molecule has 0 bridgehead atoms. The van der Waals surface area contributed by atoms with E-state index in [-0.39, 0.29) is 23.1 Å². The van der Waals surface area contributed by atoms with Crippen LogP contribution in [0.25, 0.3) is 0 Å². The Morgan fingerprint density at radius 3 is 2.77 bits per heavy atom. The third kappa shape index (κ3) is 3.39. The molecule has 1 unspecified atom stereocenters. The van der Waals surface area contributed by atoms with Crippen molar-refractivity contribution in [1.82, 2.24) is 4.72 Å². The molecule has 2 aromatic rings. The summed E-state index contributed by atoms with van der Waals surface area (Å²) in [5, 5.41) is 2.83. The van der Waals surface area contributed by atoms with Gasteiger partial charge in [-0.3, -0.25) is 24.2 Å². The van der Waals surface area contributed by atoms with Crippen molar-refractivity contribution >= 4 is 50.8 Å². The first kappa shape index (κ1) is 20.1. The minimum Gasteiger partial charge on any atom is -0.323 e. The van der Waals surface area contributed by atoms with Crippen molar-refractivity contribution < 1.29 is 18.0 Å². The van der Waals surface area contributed by atoms with Crippen LogP contribution in [0.1, 0.15) is 25.7 Å². The number of aliphatic imine (C=N–C) groups is 1. The number of carbonyl (C=O) groups is 2. The zero-order valence-electron chi connectivity index (χ0n) is 16.5. The monoisotopic (exact) mass is 456 g/mol. The van der Waals surface area contributed by atoms with Gasteiger partial charge in [0.1, 0.15) is 5.84 Å². The van der Waals surface area contributed by atoms with E-state index in [9.17, 15) is 18.0 Å². The van der Waals surface area contributed by atoms with Crippen LogP contribution in [0.4, 0.5) is 11.4 Å². The Hall–Kier alpha value is -2.85. The number of nitrogens with one attached hydrogen (secondary N) is 2. The van der Waals surface area contributed by atoms with Crippen LogP contribution in [0.3, 0.4) is 0 Å². The lowest BCUT2D eigenvalue weighted by Gasteiger charge is -2.29. The molecular weight excluding hydrogens is 436 g/mol. The van der Waals surface area contributed by atoms with Gasteiger partial charge in [-0.25, -0.2) is 8.42 Å². The Balaban J connectivity index is 1.40. The number of hydrogen-bond donors (Lipinski definition) is 2. The quantitative estimate of drug-likeness (QED) is 0.736. The molecule has 0 saturated carbocycles. The summed E-state index contributed by atoms with van der Waals surface area (Å²) in [5.74, 6) is 0.0150. The van der Waals surface area contributed by atoms with Gasteiger partial charge in [0, 0.05) is 30.0 Å². The maximum absolute atomic E-state index is 13.4. The molecule has 1 saturated heterocycles. The molecule has 2 N–H and O–H groups in total. The van der Waals surface area contributed by atoms with Gasteiger partial charge >= 0.3 is 0 Å². The second kappa shape index (κ2) is 7.38. The molecule has 5 rings (SSSR count). The number of carbonyl (C=O) groups excluding carboxylic acids is 2. The maximum Gasteiger partial charge on any atom is 0.262 e. The Morgan fingerprint density at radius 2 is 1.97 bits per heavy atom. The summed E-state index contributed by atoms with van der Waals surface area (Å²) < 4.78 is 27.9. The predicted octanol–water partition coefficient (Wildman–Crippen LogP) is 2.72. The van der Waals surface area contributed by atoms with Gasteiger partial charge in [-0.15, -0.1) is 0 Å². The third-order valence-corrected chi connectivity index (χ3v) is 8.41. The van der Waals surface area contributed by atoms with Crippen molar-refractivity contribution in [3.8, 4) is 0 Å². The molecule has 8 nitrogen and oxygen atoms in total. The van der Waals surface area contributed by atoms with Crippen LogP contribution >= 0.6 is 11.8 Å². The Morgan fingerprint density at radius 1 is 1.13 bits per heavy atom. The Labute approximate surface area is 184 Å². The average Bonchev–Trinajstić information content (AvgIpc) is 3.45. The summed E-state index contributed by atoms with van der Waals surface area (Å²) in [7, 11) is -3.79. The molecule has 1 atom stereocenters. The molecule has 0 aliphatic carbocycles. The Kier molecular flexibility index (Phi) is 4.78. The first-order valence-electron chi connectivity index (χ1n) is 9.98. The van der Waals surface area contributed by atoms with Crippen LogP contribution < -0.4 is 14.9 Å². The number of amidine groups is 1. The van der Waals surface area contributed by atoms with E-state index in [0.717, 1.165) is 17.0 Å². The molecule has 2 amide bonds. The van der Waals surface area contributed by atoms with Crippen molar-refractivity contribution in [3.05, 3.63) is 48.5 Å². The summed E-state index contributed by atoms with van der Waals surface area (Å²) in [5.41, 5.74) is 1.09. The fraction of sp³-hybridized carbons (Fsp3) is 0.286. The fourth-order valence-electron chi connectivity index (χ4n) is 4.11. The first-order chi connectivity index (χ1) is 14.9. The second-order valence-electron chi connectivity index (χ2n) is 7.60. The molecule has 3 aliphatic rings. The average molecular weight is 457 g/mol. The van der Waals surface area contributed by atoms with E-state index in [1.165, 1.54) is 23.9 Å². The number of anilines is 2. The first-order valence-corrected chi connectivity index (χ1v) is 12.3. The SMILES string of the molecule is O=C1CCC2(C(=O)Nc3cccc(S(=O)(=O)NC4=NCCC4)c3)Sc3ccccc3N12. The number of benzene rings is 2. The second-order valence-corrected chi connectivity index (χ2v) is 10.6. The molecule has 10 heteroatoms. The van der Waals surface area contributed by atoms with Crippen LogP contribution in [0.5, 0.6) is 0 Å². The van der Waals surface area contributed by atoms with Crippen LogP contribution in [0.15, 0.2) is 63.3 Å². The van der Waals surface area contributed by atoms with Gasteiger partial charge in [0.2, 0.25) is 5.91 Å². The minimum atomic E-state index is -3.79. The van der Waals surface area contributed by atoms with Crippen molar-refractivity contribution in [1.29, 1.82) is 0 Å². The molecule has 0 aromatic heterocycles. The maximum atomic E-state index is 13.4. The van der Waals surface area contributed by atoms with Gasteiger partial charge in [0.05, 0.1) is 10.6 Å². The number of amides is 2. The van der Waals surface area contributed by atoms with Crippen molar-refractivity contribution in [2.24, 2.45) is 4.99 Å². The van der Waals surface area contributed by atoms with E-state index in [0.29, 0.717) is 30.9 Å². The van der Waals surface area contributed by atoms with Crippen molar-refractivity contribution in [2.75, 3.05) is 16.8 Å². The highest BCUT2D eigenvalue weighted by Gasteiger charge is 2.57. The molecule has 1 fully saturated rings. The molecule has 0 radical (unpaired) electrons. The fourth-order valence-corrected chi connectivity index (χ4v) is 6.65. The smallest absolute Gasteiger partial charge is 0.262 e. The summed E-state index contributed by atoms with van der Waals surface area (Å²) in [4.78, 5) is 31.5. The van der Waals surface area contributed by atoms with Crippen LogP contribution in [-0.2, 0) is 19.6 Å². The van der Waals surface area contributed by atoms with Gasteiger partial charge < -0.3 is 5.32 Å². The number of fused-ring (bicyclic) bond motifs is 3. The highest BCUT2D eigenvalue weighted by atomic mass is 32.2. The summed E-state index contributed by atoms with van der Waals surface area (Å²) in [6, 6.07) is 13.5. The molecule has 2 aromatic carbocycles. The summed E-state index contributed by atoms with van der Waals surface area (Å²) >= 11 is 1.36. The summed E-state index contributed by atoms with van der Waals surface area (Å²) in [6.07, 6.45) is 2.09. The number of thioether (sulfide) groups is 1. The van der Waals surface area contributed by atoms with E-state index < -0.39 is 14.9 Å². The van der Waals surface area contributed by atoms with Gasteiger partial charge in [0.15, 0.2) is 4.87 Å². The zero-order valence-corrected chi connectivity index (χ0v) is 18.1. The minimum absolute atomic E-state index is 0.0408. The standard InChI is InChI=1S/C21H20N4O4S2/c26-19-10-11-21(25(19)16-7-1-2-8-17(16)30-21)20(27)23-14-5-3-6-15(13-14)31(28,29)24-18-9-4-12-22-18/h1-3,5-8,13H,4,9-12H2,(H,22,24)(H,23,27). The van der Waals surface area contributed by atoms with E-state index in [4.69, 9.17) is 0 Å². The van der Waals surface area contributed by atoms with Crippen LogP contribution in [0.2, 0.25) is 0 Å². The third-order valence-electron chi connectivity index (χ3n) is 5.56. The summed E-state index contributed by atoms with van der Waals surface area (Å²) in [6.45, 7) is 0.616. The lowest BCUT2D eigenvalue weighted by molar-refractivity contribution is -0.121. The van der Waals surface area contributed by atoms with E-state index in [1.807, 2.05) is 24.3 Å². The number of para-hydroxylation sites is 1. The number of nitrogens with zero attached hydrogens (tertiary/aromatic N) is 2. The molecular formula is C21H20N4O4S2. The highest BCUT2D eigenvalue weighted by Crippen LogP contribution is 2.56. The zero-order chi connectivity index (χ0) is 21.6. The van der Waals surface area contributed by atoms with Crippen LogP contribution in [-0.4, -0.2) is 37.5 Å². The molecule has 3 aliphatic heterocycles. The lowest BCUT2D eigenvalue weighted by Crippen LogP contribution is -2.49.